The van der Waals surface area contributed by atoms with Crippen LogP contribution in [0, 0.1) is 19.7 Å². The number of halogens is 2. The van der Waals surface area contributed by atoms with Crippen LogP contribution in [0.5, 0.6) is 0 Å². The molecule has 1 aromatic carbocycles. The van der Waals surface area contributed by atoms with Gasteiger partial charge in [-0.25, -0.2) is 9.37 Å². The summed E-state index contributed by atoms with van der Waals surface area (Å²) in [6, 6.07) is 5.00. The Kier molecular flexibility index (Phi) is 4.67. The second-order valence-electron chi connectivity index (χ2n) is 4.35. The zero-order valence-electron chi connectivity index (χ0n) is 10.7. The number of aromatic nitrogens is 1. The largest absolute Gasteiger partial charge is 0.271 e. The lowest BCUT2D eigenvalue weighted by molar-refractivity contribution is 0.555. The lowest BCUT2D eigenvalue weighted by atomic mass is 10.0. The molecule has 0 amide bonds. The number of aryl methyl sites for hydroxylation is 2. The van der Waals surface area contributed by atoms with Gasteiger partial charge in [0.15, 0.2) is 0 Å². The molecule has 2 rings (SSSR count). The van der Waals surface area contributed by atoms with Crippen LogP contribution < -0.4 is 11.3 Å². The molecule has 1 unspecified atom stereocenters. The summed E-state index contributed by atoms with van der Waals surface area (Å²) in [6.07, 6.45) is 0.692. The molecule has 0 saturated carbocycles. The molecule has 0 spiro atoms. The summed E-state index contributed by atoms with van der Waals surface area (Å²) in [5.74, 6) is 5.38. The van der Waals surface area contributed by atoms with Crippen molar-refractivity contribution in [3.05, 3.63) is 49.6 Å². The molecule has 3 N–H and O–H groups in total. The van der Waals surface area contributed by atoms with Crippen LogP contribution in [0.15, 0.2) is 22.7 Å². The number of nitrogens with zero attached hydrogens (tertiary/aromatic N) is 1. The number of benzene rings is 1. The molecule has 0 saturated heterocycles. The van der Waals surface area contributed by atoms with Crippen molar-refractivity contribution in [3.63, 3.8) is 0 Å². The number of hydrogen-bond donors (Lipinski definition) is 2. The number of thiazole rings is 1. The third-order valence-electron chi connectivity index (χ3n) is 2.88. The smallest absolute Gasteiger partial charge is 0.137 e. The van der Waals surface area contributed by atoms with Gasteiger partial charge in [0.1, 0.15) is 5.82 Å². The van der Waals surface area contributed by atoms with Gasteiger partial charge in [0.25, 0.3) is 0 Å². The third kappa shape index (κ3) is 3.39. The summed E-state index contributed by atoms with van der Waals surface area (Å²) in [6.45, 7) is 3.95. The molecule has 0 aliphatic rings. The van der Waals surface area contributed by atoms with Crippen molar-refractivity contribution in [2.75, 3.05) is 0 Å². The summed E-state index contributed by atoms with van der Waals surface area (Å²) < 4.78 is 13.7. The first-order valence-electron chi connectivity index (χ1n) is 5.85. The van der Waals surface area contributed by atoms with Crippen molar-refractivity contribution < 1.29 is 4.39 Å². The Labute approximate surface area is 124 Å². The summed E-state index contributed by atoms with van der Waals surface area (Å²) in [5, 5.41) is 1.02. The molecule has 102 valence electrons. The summed E-state index contributed by atoms with van der Waals surface area (Å²) in [4.78, 5) is 5.53. The van der Waals surface area contributed by atoms with E-state index in [1.54, 1.807) is 23.5 Å². The van der Waals surface area contributed by atoms with Crippen LogP contribution in [-0.2, 0) is 6.42 Å². The quantitative estimate of drug-likeness (QED) is 0.660. The average molecular weight is 344 g/mol. The van der Waals surface area contributed by atoms with Crippen molar-refractivity contribution in [1.29, 1.82) is 0 Å². The molecule has 0 aliphatic heterocycles. The molecule has 0 bridgehead atoms. The maximum absolute atomic E-state index is 13.2. The first-order valence-corrected chi connectivity index (χ1v) is 7.46. The maximum Gasteiger partial charge on any atom is 0.137 e. The fraction of sp³-hybridized carbons (Fsp3) is 0.308. The zero-order valence-corrected chi connectivity index (χ0v) is 13.1. The van der Waals surface area contributed by atoms with E-state index in [2.05, 4.69) is 26.3 Å². The van der Waals surface area contributed by atoms with Gasteiger partial charge >= 0.3 is 0 Å². The number of nitrogens with one attached hydrogen (secondary N) is 1. The number of nitrogens with two attached hydrogens (primary N) is 1. The maximum atomic E-state index is 13.2. The summed E-state index contributed by atoms with van der Waals surface area (Å²) in [5.41, 5.74) is 4.82. The van der Waals surface area contributed by atoms with E-state index in [1.165, 1.54) is 6.07 Å². The van der Waals surface area contributed by atoms with Crippen LogP contribution in [0.4, 0.5) is 4.39 Å². The molecule has 0 aliphatic carbocycles. The van der Waals surface area contributed by atoms with Gasteiger partial charge in [-0.05, 0) is 53.9 Å². The molecule has 3 nitrogen and oxygen atoms in total. The Morgan fingerprint density at radius 2 is 2.21 bits per heavy atom. The Balaban J connectivity index is 2.23. The van der Waals surface area contributed by atoms with Crippen LogP contribution in [-0.4, -0.2) is 4.98 Å². The van der Waals surface area contributed by atoms with Crippen molar-refractivity contribution in [2.24, 2.45) is 5.84 Å². The lowest BCUT2D eigenvalue weighted by Crippen LogP contribution is -2.29. The molecule has 1 heterocycles. The predicted octanol–water partition coefficient (Wildman–Crippen LogP) is 3.41. The summed E-state index contributed by atoms with van der Waals surface area (Å²) in [7, 11) is 0. The van der Waals surface area contributed by atoms with Gasteiger partial charge in [-0.15, -0.1) is 11.3 Å². The predicted molar refractivity (Wildman–Crippen MR) is 79.5 cm³/mol. The highest BCUT2D eigenvalue weighted by molar-refractivity contribution is 9.10. The van der Waals surface area contributed by atoms with E-state index in [0.717, 1.165) is 21.1 Å². The second-order valence-corrected chi connectivity index (χ2v) is 6.44. The topological polar surface area (TPSA) is 50.9 Å². The first kappa shape index (κ1) is 14.6. The van der Waals surface area contributed by atoms with Gasteiger partial charge in [0, 0.05) is 4.88 Å². The van der Waals surface area contributed by atoms with Crippen LogP contribution >= 0.6 is 27.3 Å². The second kappa shape index (κ2) is 6.09. The lowest BCUT2D eigenvalue weighted by Gasteiger charge is -2.15. The van der Waals surface area contributed by atoms with E-state index >= 15 is 0 Å². The van der Waals surface area contributed by atoms with Crippen molar-refractivity contribution >= 4 is 27.3 Å². The van der Waals surface area contributed by atoms with Gasteiger partial charge in [-0.1, -0.05) is 6.07 Å². The Hall–Kier alpha value is -0.820. The number of hydrogen-bond acceptors (Lipinski definition) is 4. The van der Waals surface area contributed by atoms with Crippen LogP contribution in [0.1, 0.15) is 27.2 Å². The highest BCUT2D eigenvalue weighted by Crippen LogP contribution is 2.28. The Morgan fingerprint density at radius 1 is 1.47 bits per heavy atom. The molecule has 0 radical (unpaired) electrons. The molecule has 1 aromatic heterocycles. The van der Waals surface area contributed by atoms with Crippen LogP contribution in [0.2, 0.25) is 0 Å². The minimum atomic E-state index is -0.258. The SMILES string of the molecule is Cc1nc(C)c(C(Cc2ccc(F)c(Br)c2)NN)s1. The van der Waals surface area contributed by atoms with Crippen molar-refractivity contribution in [1.82, 2.24) is 10.4 Å². The van der Waals surface area contributed by atoms with Crippen LogP contribution in [0.3, 0.4) is 0 Å². The molecule has 2 aromatic rings. The number of hydrazine groups is 1. The highest BCUT2D eigenvalue weighted by Gasteiger charge is 2.17. The normalized spacial score (nSPS) is 12.7. The van der Waals surface area contributed by atoms with E-state index in [9.17, 15) is 4.39 Å². The molecular weight excluding hydrogens is 329 g/mol. The van der Waals surface area contributed by atoms with E-state index in [1.807, 2.05) is 13.8 Å². The molecule has 0 fully saturated rings. The molecule has 1 atom stereocenters. The van der Waals surface area contributed by atoms with E-state index < -0.39 is 0 Å². The Bertz CT molecular complexity index is 585. The third-order valence-corrected chi connectivity index (χ3v) is 4.68. The van der Waals surface area contributed by atoms with Gasteiger partial charge in [0.05, 0.1) is 21.2 Å². The fourth-order valence-electron chi connectivity index (χ4n) is 2.00. The standard InChI is InChI=1S/C13H15BrFN3S/c1-7-13(19-8(2)17-7)12(18-16)6-9-3-4-11(15)10(14)5-9/h3-5,12,18H,6,16H2,1-2H3. The molecular formula is C13H15BrFN3S. The van der Waals surface area contributed by atoms with Crippen LogP contribution in [0.25, 0.3) is 0 Å². The minimum absolute atomic E-state index is 0.0106. The van der Waals surface area contributed by atoms with Gasteiger partial charge in [-0.3, -0.25) is 11.3 Å². The number of rotatable bonds is 4. The van der Waals surface area contributed by atoms with Gasteiger partial charge in [0.2, 0.25) is 0 Å². The first-order chi connectivity index (χ1) is 9.01. The van der Waals surface area contributed by atoms with Crippen molar-refractivity contribution in [3.8, 4) is 0 Å². The monoisotopic (exact) mass is 343 g/mol. The van der Waals surface area contributed by atoms with E-state index in [0.29, 0.717) is 10.9 Å². The fourth-order valence-corrected chi connectivity index (χ4v) is 3.41. The van der Waals surface area contributed by atoms with E-state index in [-0.39, 0.29) is 11.9 Å². The molecule has 19 heavy (non-hydrogen) atoms. The van der Waals surface area contributed by atoms with Crippen molar-refractivity contribution in [2.45, 2.75) is 26.3 Å². The molecule has 6 heteroatoms. The Morgan fingerprint density at radius 3 is 2.74 bits per heavy atom. The minimum Gasteiger partial charge on any atom is -0.271 e. The summed E-state index contributed by atoms with van der Waals surface area (Å²) >= 11 is 4.83. The van der Waals surface area contributed by atoms with Gasteiger partial charge < -0.3 is 0 Å². The highest BCUT2D eigenvalue weighted by atomic mass is 79.9. The van der Waals surface area contributed by atoms with E-state index in [4.69, 9.17) is 5.84 Å². The average Bonchev–Trinajstić information content (AvgIpc) is 2.70. The zero-order chi connectivity index (χ0) is 14.0. The van der Waals surface area contributed by atoms with Gasteiger partial charge in [-0.2, -0.15) is 0 Å².